The van der Waals surface area contributed by atoms with Crippen molar-refractivity contribution < 1.29 is 9.72 Å². The highest BCUT2D eigenvalue weighted by atomic mass is 35.6. The Labute approximate surface area is 99.9 Å². The highest BCUT2D eigenvalue weighted by Gasteiger charge is 2.31. The zero-order valence-corrected chi connectivity index (χ0v) is 9.38. The standard InChI is InChI=1S/C8H4Cl3NO3/c9-8(10,11)7(13)5-1-3-6(4-2-5)12(14)15/h1-4H. The third kappa shape index (κ3) is 3.06. The van der Waals surface area contributed by atoms with Gasteiger partial charge in [-0.2, -0.15) is 0 Å². The molecule has 0 aliphatic rings. The smallest absolute Gasteiger partial charge is 0.269 e. The normalized spacial score (nSPS) is 11.1. The molecule has 0 radical (unpaired) electrons. The third-order valence-corrected chi connectivity index (χ3v) is 2.11. The van der Waals surface area contributed by atoms with Crippen molar-refractivity contribution in [2.24, 2.45) is 0 Å². The van der Waals surface area contributed by atoms with Gasteiger partial charge in [-0.3, -0.25) is 14.9 Å². The Morgan fingerprint density at radius 2 is 1.67 bits per heavy atom. The molecule has 0 aliphatic heterocycles. The number of carbonyl (C=O) groups excluding carboxylic acids is 1. The van der Waals surface area contributed by atoms with Crippen LogP contribution in [0.5, 0.6) is 0 Å². The van der Waals surface area contributed by atoms with Gasteiger partial charge in [0.25, 0.3) is 9.48 Å². The SMILES string of the molecule is O=C(c1ccc([N+](=O)[O-])cc1)C(Cl)(Cl)Cl. The molecule has 4 nitrogen and oxygen atoms in total. The van der Waals surface area contributed by atoms with Crippen LogP contribution < -0.4 is 0 Å². The van der Waals surface area contributed by atoms with Crippen LogP contribution in [0.1, 0.15) is 10.4 Å². The van der Waals surface area contributed by atoms with Gasteiger partial charge in [-0.05, 0) is 12.1 Å². The molecule has 1 rings (SSSR count). The molecule has 0 aliphatic carbocycles. The van der Waals surface area contributed by atoms with E-state index in [0.717, 1.165) is 0 Å². The first kappa shape index (κ1) is 12.2. The zero-order valence-electron chi connectivity index (χ0n) is 7.12. The topological polar surface area (TPSA) is 60.2 Å². The van der Waals surface area contributed by atoms with Crippen molar-refractivity contribution in [1.82, 2.24) is 0 Å². The Balaban J connectivity index is 3.00. The number of hydrogen-bond acceptors (Lipinski definition) is 3. The molecule has 0 unspecified atom stereocenters. The first-order valence-electron chi connectivity index (χ1n) is 3.68. The number of alkyl halides is 3. The molecule has 0 amide bonds. The Hall–Kier alpha value is -0.840. The van der Waals surface area contributed by atoms with Gasteiger partial charge in [-0.1, -0.05) is 34.8 Å². The lowest BCUT2D eigenvalue weighted by molar-refractivity contribution is -0.384. The fourth-order valence-corrected chi connectivity index (χ4v) is 1.23. The van der Waals surface area contributed by atoms with Gasteiger partial charge in [0.05, 0.1) is 4.92 Å². The van der Waals surface area contributed by atoms with Crippen LogP contribution in [-0.2, 0) is 0 Å². The largest absolute Gasteiger partial charge is 0.289 e. The van der Waals surface area contributed by atoms with E-state index in [-0.39, 0.29) is 11.3 Å². The Kier molecular flexibility index (Phi) is 3.54. The number of Topliss-reactive ketones (excluding diaryl/α,β-unsaturated/α-hetero) is 1. The molecular formula is C8H4Cl3NO3. The van der Waals surface area contributed by atoms with Crippen molar-refractivity contribution in [1.29, 1.82) is 0 Å². The van der Waals surface area contributed by atoms with E-state index in [9.17, 15) is 14.9 Å². The minimum absolute atomic E-state index is 0.112. The molecule has 0 N–H and O–H groups in total. The molecular weight excluding hydrogens is 264 g/mol. The number of hydrogen-bond donors (Lipinski definition) is 0. The number of non-ortho nitro benzene ring substituents is 1. The molecule has 0 aromatic heterocycles. The van der Waals surface area contributed by atoms with Gasteiger partial charge in [-0.25, -0.2) is 0 Å². The third-order valence-electron chi connectivity index (χ3n) is 1.60. The maximum absolute atomic E-state index is 11.4. The second-order valence-electron chi connectivity index (χ2n) is 2.63. The van der Waals surface area contributed by atoms with Crippen LogP contribution >= 0.6 is 34.8 Å². The Morgan fingerprint density at radius 1 is 1.20 bits per heavy atom. The summed E-state index contributed by atoms with van der Waals surface area (Å²) < 4.78 is -2.05. The molecule has 0 atom stereocenters. The lowest BCUT2D eigenvalue weighted by Crippen LogP contribution is -2.18. The van der Waals surface area contributed by atoms with Crippen LogP contribution in [0.25, 0.3) is 0 Å². The summed E-state index contributed by atoms with van der Waals surface area (Å²) in [5, 5.41) is 10.3. The van der Waals surface area contributed by atoms with E-state index >= 15 is 0 Å². The molecule has 0 saturated carbocycles. The quantitative estimate of drug-likeness (QED) is 0.358. The second-order valence-corrected chi connectivity index (χ2v) is 4.91. The van der Waals surface area contributed by atoms with Crippen molar-refractivity contribution in [2.45, 2.75) is 3.79 Å². The van der Waals surface area contributed by atoms with Gasteiger partial charge in [0, 0.05) is 17.7 Å². The van der Waals surface area contributed by atoms with Crippen molar-refractivity contribution in [3.05, 3.63) is 39.9 Å². The van der Waals surface area contributed by atoms with Gasteiger partial charge in [-0.15, -0.1) is 0 Å². The van der Waals surface area contributed by atoms with Crippen LogP contribution in [0, 0.1) is 10.1 Å². The van der Waals surface area contributed by atoms with E-state index in [0.29, 0.717) is 0 Å². The number of halogens is 3. The second kappa shape index (κ2) is 4.35. The van der Waals surface area contributed by atoms with E-state index in [1.807, 2.05) is 0 Å². The molecule has 1 aromatic rings. The summed E-state index contributed by atoms with van der Waals surface area (Å²) in [6.45, 7) is 0. The maximum atomic E-state index is 11.4. The van der Waals surface area contributed by atoms with E-state index in [4.69, 9.17) is 34.8 Å². The Morgan fingerprint density at radius 3 is 2.00 bits per heavy atom. The summed E-state index contributed by atoms with van der Waals surface area (Å²) in [7, 11) is 0. The highest BCUT2D eigenvalue weighted by molar-refractivity contribution is 6.77. The molecule has 0 heterocycles. The highest BCUT2D eigenvalue weighted by Crippen LogP contribution is 2.30. The van der Waals surface area contributed by atoms with Crippen LogP contribution in [0.2, 0.25) is 0 Å². The molecule has 0 saturated heterocycles. The number of benzene rings is 1. The predicted octanol–water partition coefficient (Wildman–Crippen LogP) is 3.15. The summed E-state index contributed by atoms with van der Waals surface area (Å²) in [6, 6.07) is 4.82. The minimum atomic E-state index is -2.05. The van der Waals surface area contributed by atoms with Gasteiger partial charge in [0.1, 0.15) is 0 Å². The first-order valence-corrected chi connectivity index (χ1v) is 4.82. The maximum Gasteiger partial charge on any atom is 0.269 e. The lowest BCUT2D eigenvalue weighted by atomic mass is 10.1. The lowest BCUT2D eigenvalue weighted by Gasteiger charge is -2.08. The average molecular weight is 268 g/mol. The summed E-state index contributed by atoms with van der Waals surface area (Å²) in [5.41, 5.74) is -0.0172. The van der Waals surface area contributed by atoms with Crippen LogP contribution in [0.15, 0.2) is 24.3 Å². The number of ketones is 1. The molecule has 0 fully saturated rings. The number of carbonyl (C=O) groups is 1. The number of nitrogens with zero attached hydrogens (tertiary/aromatic N) is 1. The van der Waals surface area contributed by atoms with Crippen LogP contribution in [0.3, 0.4) is 0 Å². The monoisotopic (exact) mass is 267 g/mol. The molecule has 0 bridgehead atoms. The van der Waals surface area contributed by atoms with Crippen molar-refractivity contribution in [2.75, 3.05) is 0 Å². The molecule has 15 heavy (non-hydrogen) atoms. The summed E-state index contributed by atoms with van der Waals surface area (Å²) in [5.74, 6) is -0.720. The predicted molar refractivity (Wildman–Crippen MR) is 57.7 cm³/mol. The van der Waals surface area contributed by atoms with E-state index in [1.54, 1.807) is 0 Å². The summed E-state index contributed by atoms with van der Waals surface area (Å²) in [6.07, 6.45) is 0. The zero-order chi connectivity index (χ0) is 11.6. The summed E-state index contributed by atoms with van der Waals surface area (Å²) in [4.78, 5) is 21.1. The number of rotatable bonds is 2. The van der Waals surface area contributed by atoms with Crippen molar-refractivity contribution in [3.8, 4) is 0 Å². The van der Waals surface area contributed by atoms with Gasteiger partial charge >= 0.3 is 0 Å². The van der Waals surface area contributed by atoms with Crippen molar-refractivity contribution >= 4 is 46.3 Å². The Bertz CT molecular complexity index is 397. The van der Waals surface area contributed by atoms with Crippen molar-refractivity contribution in [3.63, 3.8) is 0 Å². The van der Waals surface area contributed by atoms with Gasteiger partial charge in [0.15, 0.2) is 0 Å². The molecule has 1 aromatic carbocycles. The molecule has 7 heteroatoms. The van der Waals surface area contributed by atoms with Gasteiger partial charge < -0.3 is 0 Å². The van der Waals surface area contributed by atoms with Crippen LogP contribution in [-0.4, -0.2) is 14.5 Å². The minimum Gasteiger partial charge on any atom is -0.289 e. The number of nitro groups is 1. The average Bonchev–Trinajstić information content (AvgIpc) is 2.15. The summed E-state index contributed by atoms with van der Waals surface area (Å²) >= 11 is 16.1. The first-order chi connectivity index (χ1) is 6.82. The number of nitro benzene ring substituents is 1. The fraction of sp³-hybridized carbons (Fsp3) is 0.125. The fourth-order valence-electron chi connectivity index (χ4n) is 0.898. The molecule has 0 spiro atoms. The van der Waals surface area contributed by atoms with Crippen LogP contribution in [0.4, 0.5) is 5.69 Å². The van der Waals surface area contributed by atoms with E-state index in [1.165, 1.54) is 24.3 Å². The van der Waals surface area contributed by atoms with E-state index < -0.39 is 14.5 Å². The molecule has 80 valence electrons. The van der Waals surface area contributed by atoms with Gasteiger partial charge in [0.2, 0.25) is 5.78 Å². The van der Waals surface area contributed by atoms with E-state index in [2.05, 4.69) is 0 Å².